The fourth-order valence-electron chi connectivity index (χ4n) is 1.47. The summed E-state index contributed by atoms with van der Waals surface area (Å²) in [5.41, 5.74) is 6.03. The predicted molar refractivity (Wildman–Crippen MR) is 78.5 cm³/mol. The van der Waals surface area contributed by atoms with Gasteiger partial charge in [-0.3, -0.25) is 14.6 Å². The van der Waals surface area contributed by atoms with Gasteiger partial charge in [-0.25, -0.2) is 9.78 Å². The molecule has 0 aromatic carbocycles. The number of carbonyl (C=O) groups excluding carboxylic acids is 3. The number of esters is 1. The number of nitrogens with zero attached hydrogens (tertiary/aromatic N) is 2. The van der Waals surface area contributed by atoms with E-state index in [1.807, 2.05) is 0 Å². The molecule has 0 bridgehead atoms. The van der Waals surface area contributed by atoms with Crippen LogP contribution in [0.1, 0.15) is 26.5 Å². The largest absolute Gasteiger partial charge is 0.451 e. The van der Waals surface area contributed by atoms with Crippen LogP contribution in [0.5, 0.6) is 0 Å². The molecule has 0 aliphatic heterocycles. The zero-order valence-electron chi connectivity index (χ0n) is 11.5. The van der Waals surface area contributed by atoms with Crippen molar-refractivity contribution in [2.75, 3.05) is 11.9 Å². The Kier molecular flexibility index (Phi) is 4.79. The minimum Gasteiger partial charge on any atom is -0.451 e. The van der Waals surface area contributed by atoms with Gasteiger partial charge in [0.05, 0.1) is 17.5 Å². The summed E-state index contributed by atoms with van der Waals surface area (Å²) < 4.78 is 4.81. The fraction of sp³-hybridized carbons (Fsp3) is 0.154. The second-order valence-electron chi connectivity index (χ2n) is 4.19. The molecule has 8 nitrogen and oxygen atoms in total. The van der Waals surface area contributed by atoms with Crippen molar-refractivity contribution in [3.05, 3.63) is 40.8 Å². The molecular weight excluding hydrogens is 308 g/mol. The van der Waals surface area contributed by atoms with Crippen LogP contribution in [0.2, 0.25) is 0 Å². The van der Waals surface area contributed by atoms with E-state index in [1.165, 1.54) is 18.5 Å². The molecule has 114 valence electrons. The van der Waals surface area contributed by atoms with Crippen molar-refractivity contribution >= 4 is 34.1 Å². The highest BCUT2D eigenvalue weighted by atomic mass is 32.1. The van der Waals surface area contributed by atoms with Gasteiger partial charge in [0.15, 0.2) is 12.3 Å². The molecular formula is C13H12N4O4S. The lowest BCUT2D eigenvalue weighted by atomic mass is 10.3. The van der Waals surface area contributed by atoms with Gasteiger partial charge in [-0.15, -0.1) is 11.3 Å². The Labute approximate surface area is 129 Å². The monoisotopic (exact) mass is 320 g/mol. The molecule has 0 aliphatic carbocycles. The Hall–Kier alpha value is -2.81. The van der Waals surface area contributed by atoms with Gasteiger partial charge in [0.25, 0.3) is 11.8 Å². The molecule has 0 atom stereocenters. The Bertz CT molecular complexity index is 711. The van der Waals surface area contributed by atoms with Crippen LogP contribution < -0.4 is 11.1 Å². The van der Waals surface area contributed by atoms with Crippen LogP contribution in [0.15, 0.2) is 23.8 Å². The third kappa shape index (κ3) is 3.85. The van der Waals surface area contributed by atoms with E-state index in [1.54, 1.807) is 12.3 Å². The van der Waals surface area contributed by atoms with Gasteiger partial charge in [0.1, 0.15) is 5.00 Å². The molecule has 2 amide bonds. The summed E-state index contributed by atoms with van der Waals surface area (Å²) in [5, 5.41) is 4.38. The molecule has 0 fully saturated rings. The number of aromatic nitrogens is 2. The quantitative estimate of drug-likeness (QED) is 0.783. The minimum atomic E-state index is -0.760. The zero-order chi connectivity index (χ0) is 16.1. The summed E-state index contributed by atoms with van der Waals surface area (Å²) in [7, 11) is 0. The van der Waals surface area contributed by atoms with Gasteiger partial charge >= 0.3 is 5.97 Å². The van der Waals surface area contributed by atoms with Crippen LogP contribution in [0.3, 0.4) is 0 Å². The molecule has 3 N–H and O–H groups in total. The first kappa shape index (κ1) is 15.6. The second kappa shape index (κ2) is 6.76. The van der Waals surface area contributed by atoms with E-state index in [9.17, 15) is 14.4 Å². The normalized spacial score (nSPS) is 10.0. The Balaban J connectivity index is 1.90. The number of nitrogens with one attached hydrogen (secondary N) is 1. The lowest BCUT2D eigenvalue weighted by molar-refractivity contribution is -0.119. The van der Waals surface area contributed by atoms with Crippen LogP contribution in [0.4, 0.5) is 5.00 Å². The maximum Gasteiger partial charge on any atom is 0.359 e. The van der Waals surface area contributed by atoms with Crippen molar-refractivity contribution in [3.63, 3.8) is 0 Å². The van der Waals surface area contributed by atoms with Gasteiger partial charge in [0, 0.05) is 6.20 Å². The molecule has 2 rings (SSSR count). The van der Waals surface area contributed by atoms with Gasteiger partial charge < -0.3 is 15.8 Å². The van der Waals surface area contributed by atoms with Crippen molar-refractivity contribution in [3.8, 4) is 0 Å². The number of ether oxygens (including phenoxy) is 1. The molecule has 2 aromatic heterocycles. The first-order valence-electron chi connectivity index (χ1n) is 6.10. The average Bonchev–Trinajstić information content (AvgIpc) is 2.94. The lowest BCUT2D eigenvalue weighted by Crippen LogP contribution is -2.22. The summed E-state index contributed by atoms with van der Waals surface area (Å²) in [6.07, 6.45) is 2.68. The fourth-order valence-corrected chi connectivity index (χ4v) is 2.27. The van der Waals surface area contributed by atoms with Crippen LogP contribution in [0.25, 0.3) is 0 Å². The molecule has 0 spiro atoms. The number of thiophene rings is 1. The van der Waals surface area contributed by atoms with E-state index in [2.05, 4.69) is 15.3 Å². The van der Waals surface area contributed by atoms with Crippen LogP contribution >= 0.6 is 11.3 Å². The van der Waals surface area contributed by atoms with Crippen molar-refractivity contribution in [1.82, 2.24) is 9.97 Å². The van der Waals surface area contributed by atoms with E-state index in [0.29, 0.717) is 10.7 Å². The number of primary amides is 1. The number of carbonyl (C=O) groups is 3. The smallest absolute Gasteiger partial charge is 0.359 e. The highest BCUT2D eigenvalue weighted by Crippen LogP contribution is 2.22. The summed E-state index contributed by atoms with van der Waals surface area (Å²) in [6, 6.07) is 1.50. The number of hydrogen-bond donors (Lipinski definition) is 2. The average molecular weight is 320 g/mol. The Morgan fingerprint density at radius 2 is 2.09 bits per heavy atom. The summed E-state index contributed by atoms with van der Waals surface area (Å²) >= 11 is 1.14. The van der Waals surface area contributed by atoms with Crippen molar-refractivity contribution in [2.45, 2.75) is 6.92 Å². The Morgan fingerprint density at radius 1 is 1.32 bits per heavy atom. The lowest BCUT2D eigenvalue weighted by Gasteiger charge is -2.06. The molecule has 2 aromatic rings. The number of nitrogens with two attached hydrogens (primary N) is 1. The number of hydrogen-bond acceptors (Lipinski definition) is 7. The van der Waals surface area contributed by atoms with Crippen LogP contribution in [0, 0.1) is 6.92 Å². The van der Waals surface area contributed by atoms with E-state index >= 15 is 0 Å². The summed E-state index contributed by atoms with van der Waals surface area (Å²) in [6.45, 7) is 1.22. The maximum absolute atomic E-state index is 11.7. The number of aryl methyl sites for hydroxylation is 1. The summed E-state index contributed by atoms with van der Waals surface area (Å²) in [5.74, 6) is -1.99. The SMILES string of the molecule is Cc1cnc(C(=O)OCC(=O)Nc2sccc2C(N)=O)cn1. The predicted octanol–water partition coefficient (Wildman–Crippen LogP) is 0.741. The van der Waals surface area contributed by atoms with E-state index in [-0.39, 0.29) is 11.3 Å². The minimum absolute atomic E-state index is 0.00680. The van der Waals surface area contributed by atoms with E-state index < -0.39 is 24.4 Å². The third-order valence-electron chi connectivity index (χ3n) is 2.51. The highest BCUT2D eigenvalue weighted by molar-refractivity contribution is 7.14. The number of anilines is 1. The van der Waals surface area contributed by atoms with Gasteiger partial charge in [-0.2, -0.15) is 0 Å². The van der Waals surface area contributed by atoms with Crippen molar-refractivity contribution in [2.24, 2.45) is 5.73 Å². The van der Waals surface area contributed by atoms with Gasteiger partial charge in [0.2, 0.25) is 0 Å². The van der Waals surface area contributed by atoms with Gasteiger partial charge in [-0.1, -0.05) is 0 Å². The molecule has 0 saturated carbocycles. The summed E-state index contributed by atoms with van der Waals surface area (Å²) in [4.78, 5) is 42.2. The molecule has 0 aliphatic rings. The molecule has 0 radical (unpaired) electrons. The number of amides is 2. The molecule has 22 heavy (non-hydrogen) atoms. The van der Waals surface area contributed by atoms with Gasteiger partial charge in [-0.05, 0) is 18.4 Å². The standard InChI is InChI=1S/C13H12N4O4S/c1-7-4-16-9(5-15-7)13(20)21-6-10(18)17-12-8(11(14)19)2-3-22-12/h2-5H,6H2,1H3,(H2,14,19)(H,17,18). The first-order chi connectivity index (χ1) is 10.5. The highest BCUT2D eigenvalue weighted by Gasteiger charge is 2.15. The zero-order valence-corrected chi connectivity index (χ0v) is 12.3. The first-order valence-corrected chi connectivity index (χ1v) is 6.98. The molecule has 2 heterocycles. The molecule has 0 unspecified atom stereocenters. The maximum atomic E-state index is 11.7. The Morgan fingerprint density at radius 3 is 2.73 bits per heavy atom. The second-order valence-corrected chi connectivity index (χ2v) is 5.11. The van der Waals surface area contributed by atoms with E-state index in [0.717, 1.165) is 11.3 Å². The molecule has 0 saturated heterocycles. The van der Waals surface area contributed by atoms with Crippen LogP contribution in [-0.2, 0) is 9.53 Å². The van der Waals surface area contributed by atoms with Crippen LogP contribution in [-0.4, -0.2) is 34.4 Å². The van der Waals surface area contributed by atoms with Crippen molar-refractivity contribution in [1.29, 1.82) is 0 Å². The number of rotatable bonds is 5. The molecule has 9 heteroatoms. The van der Waals surface area contributed by atoms with Crippen molar-refractivity contribution < 1.29 is 19.1 Å². The third-order valence-corrected chi connectivity index (χ3v) is 3.34. The topological polar surface area (TPSA) is 124 Å². The van der Waals surface area contributed by atoms with E-state index in [4.69, 9.17) is 10.5 Å².